The van der Waals surface area contributed by atoms with E-state index in [0.717, 1.165) is 5.84 Å². The molecule has 1 rings (SSSR count). The van der Waals surface area contributed by atoms with Crippen molar-refractivity contribution >= 4 is 32.1 Å². The van der Waals surface area contributed by atoms with Crippen LogP contribution in [0.4, 0.5) is 0 Å². The summed E-state index contributed by atoms with van der Waals surface area (Å²) in [7, 11) is -2.30. The van der Waals surface area contributed by atoms with Gasteiger partial charge in [-0.25, -0.2) is 0 Å². The van der Waals surface area contributed by atoms with E-state index in [1.165, 1.54) is 5.56 Å². The van der Waals surface area contributed by atoms with Gasteiger partial charge in [0.2, 0.25) is 0 Å². The topological polar surface area (TPSA) is 18.8 Å². The van der Waals surface area contributed by atoms with Crippen LogP contribution in [0.3, 0.4) is 0 Å². The number of hydrogen-bond acceptors (Lipinski definition) is 2. The van der Waals surface area contributed by atoms with Crippen LogP contribution in [0.15, 0.2) is 35.3 Å². The van der Waals surface area contributed by atoms with Crippen LogP contribution in [0.2, 0.25) is 39.3 Å². The predicted octanol–water partition coefficient (Wildman–Crippen LogP) is 5.84. The molecule has 0 saturated heterocycles. The molecule has 27 heavy (non-hydrogen) atoms. The Hall–Kier alpha value is -0.699. The Balaban J connectivity index is 3.56. The number of amidine groups is 1. The van der Waals surface area contributed by atoms with E-state index in [9.17, 15) is 0 Å². The normalized spacial score (nSPS) is 14.6. The molecular weight excluding hydrogens is 379 g/mol. The average Bonchev–Trinajstić information content (AvgIpc) is 2.41. The lowest BCUT2D eigenvalue weighted by Crippen LogP contribution is -2.67. The molecule has 0 aliphatic rings. The molecule has 0 aromatic heterocycles. The van der Waals surface area contributed by atoms with Gasteiger partial charge in [0.1, 0.15) is 22.3 Å². The van der Waals surface area contributed by atoms with Crippen LogP contribution in [0.25, 0.3) is 0 Å². The van der Waals surface area contributed by atoms with Gasteiger partial charge in [0.05, 0.1) is 5.54 Å². The monoisotopic (exact) mass is 419 g/mol. The van der Waals surface area contributed by atoms with Crippen LogP contribution in [0.1, 0.15) is 47.1 Å². The zero-order valence-corrected chi connectivity index (χ0v) is 22.7. The maximum Gasteiger partial charge on any atom is 0.278 e. The first-order chi connectivity index (χ1) is 11.9. The van der Waals surface area contributed by atoms with Gasteiger partial charge in [-0.15, -0.1) is 0 Å². The van der Waals surface area contributed by atoms with Gasteiger partial charge in [0.25, 0.3) is 9.84 Å². The number of hydrogen-bond donors (Lipinski definition) is 0. The molecule has 0 fully saturated rings. The fraction of sp³-hybridized carbons (Fsp3) is 0.667. The summed E-state index contributed by atoms with van der Waals surface area (Å²) in [6, 6.07) is 10.7. The van der Waals surface area contributed by atoms with E-state index >= 15 is 0 Å². The minimum absolute atomic E-state index is 0.00405. The Labute approximate surface area is 173 Å². The van der Waals surface area contributed by atoms with Gasteiger partial charge in [-0.2, -0.15) is 0 Å². The van der Waals surface area contributed by atoms with Crippen molar-refractivity contribution in [1.29, 1.82) is 0 Å². The molecule has 1 aromatic rings. The van der Waals surface area contributed by atoms with Gasteiger partial charge in [-0.3, -0.25) is 4.99 Å². The van der Waals surface area contributed by atoms with Gasteiger partial charge >= 0.3 is 0 Å². The molecule has 6 heteroatoms. The highest BCUT2D eigenvalue weighted by atomic mass is 28.5. The lowest BCUT2D eigenvalue weighted by molar-refractivity contribution is 0.348. The van der Waals surface area contributed by atoms with Crippen molar-refractivity contribution in [1.82, 2.24) is 8.46 Å². The summed E-state index contributed by atoms with van der Waals surface area (Å²) < 4.78 is 5.43. The first kappa shape index (κ1) is 24.3. The number of rotatable bonds is 5. The van der Waals surface area contributed by atoms with Crippen LogP contribution >= 0.6 is 0 Å². The Morgan fingerprint density at radius 1 is 0.815 bits per heavy atom. The van der Waals surface area contributed by atoms with Crippen molar-refractivity contribution in [3.63, 3.8) is 0 Å². The van der Waals surface area contributed by atoms with Crippen molar-refractivity contribution in [2.45, 2.75) is 91.9 Å². The Bertz CT molecular complexity index is 616. The van der Waals surface area contributed by atoms with E-state index in [2.05, 4.69) is 120 Å². The van der Waals surface area contributed by atoms with Crippen molar-refractivity contribution in [3.05, 3.63) is 35.9 Å². The second-order valence-corrected chi connectivity index (χ2v) is 23.3. The summed E-state index contributed by atoms with van der Waals surface area (Å²) in [5.41, 5.74) is 1.08. The molecule has 0 aliphatic heterocycles. The fourth-order valence-corrected chi connectivity index (χ4v) is 14.9. The minimum Gasteiger partial charge on any atom is -0.366 e. The zero-order chi connectivity index (χ0) is 21.3. The highest BCUT2D eigenvalue weighted by molar-refractivity contribution is 6.96. The smallest absolute Gasteiger partial charge is 0.278 e. The van der Waals surface area contributed by atoms with Crippen LogP contribution in [-0.2, 0) is 0 Å². The van der Waals surface area contributed by atoms with E-state index in [1.54, 1.807) is 0 Å². The molecule has 2 radical (unpaired) electrons. The molecule has 0 amide bonds. The maximum absolute atomic E-state index is 5.22. The Kier molecular flexibility index (Phi) is 7.53. The second-order valence-electron chi connectivity index (χ2n) is 11.3. The summed E-state index contributed by atoms with van der Waals surface area (Å²) in [4.78, 5) is 5.22. The van der Waals surface area contributed by atoms with Gasteiger partial charge in [0.15, 0.2) is 0 Å². The molecule has 0 saturated carbocycles. The van der Waals surface area contributed by atoms with Crippen LogP contribution in [-0.4, -0.2) is 51.7 Å². The standard InChI is InChI=1S/C21H41N3Si3/c1-20(2,3)22-19(18-16-14-13-15-17-18)23(21(4,5)6)25-24(26(7,8)9)27(10,11)12/h13-17H,1-12H3. The zero-order valence-electron chi connectivity index (χ0n) is 19.7. The Morgan fingerprint density at radius 2 is 1.26 bits per heavy atom. The summed E-state index contributed by atoms with van der Waals surface area (Å²) in [5.74, 6) is 1.12. The van der Waals surface area contributed by atoms with Crippen LogP contribution in [0, 0.1) is 0 Å². The summed E-state index contributed by atoms with van der Waals surface area (Å²) in [5, 5.41) is 0. The molecule has 0 aliphatic carbocycles. The third-order valence-corrected chi connectivity index (χ3v) is 16.5. The first-order valence-corrected chi connectivity index (χ1v) is 17.7. The fourth-order valence-electron chi connectivity index (χ4n) is 3.07. The van der Waals surface area contributed by atoms with E-state index in [1.807, 2.05) is 0 Å². The Morgan fingerprint density at radius 3 is 1.59 bits per heavy atom. The SMILES string of the molecule is CC(C)(C)N=C(c1ccccc1)N([Si]N([Si](C)(C)C)[Si](C)(C)C)C(C)(C)C. The number of benzene rings is 1. The van der Waals surface area contributed by atoms with E-state index in [0.29, 0.717) is 9.84 Å². The van der Waals surface area contributed by atoms with Crippen molar-refractivity contribution in [2.75, 3.05) is 0 Å². The largest absolute Gasteiger partial charge is 0.366 e. The van der Waals surface area contributed by atoms with Gasteiger partial charge < -0.3 is 8.46 Å². The molecule has 0 heterocycles. The third kappa shape index (κ3) is 7.68. The minimum atomic E-state index is -1.46. The van der Waals surface area contributed by atoms with Crippen molar-refractivity contribution < 1.29 is 0 Å². The quantitative estimate of drug-likeness (QED) is 0.339. The molecule has 0 N–H and O–H groups in total. The first-order valence-electron chi connectivity index (χ1n) is 9.95. The summed E-state index contributed by atoms with van der Waals surface area (Å²) in [6.07, 6.45) is 0. The molecule has 152 valence electrons. The summed E-state index contributed by atoms with van der Waals surface area (Å²) >= 11 is 0. The summed E-state index contributed by atoms with van der Waals surface area (Å²) in [6.45, 7) is 28.4. The van der Waals surface area contributed by atoms with Gasteiger partial charge in [0, 0.05) is 11.1 Å². The van der Waals surface area contributed by atoms with Crippen LogP contribution in [0.5, 0.6) is 0 Å². The van der Waals surface area contributed by atoms with Crippen LogP contribution < -0.4 is 0 Å². The van der Waals surface area contributed by atoms with E-state index in [-0.39, 0.29) is 11.1 Å². The highest BCUT2D eigenvalue weighted by Gasteiger charge is 2.40. The number of nitrogens with zero attached hydrogens (tertiary/aromatic N) is 3. The lowest BCUT2D eigenvalue weighted by Gasteiger charge is -2.49. The third-order valence-electron chi connectivity index (χ3n) is 3.90. The molecule has 3 nitrogen and oxygen atoms in total. The highest BCUT2D eigenvalue weighted by Crippen LogP contribution is 2.25. The number of aliphatic imine (C=N–C) groups is 1. The van der Waals surface area contributed by atoms with Gasteiger partial charge in [-0.05, 0) is 41.5 Å². The molecule has 0 atom stereocenters. The molecule has 1 aromatic carbocycles. The van der Waals surface area contributed by atoms with Gasteiger partial charge in [-0.1, -0.05) is 69.6 Å². The van der Waals surface area contributed by atoms with Crippen molar-refractivity contribution in [3.8, 4) is 0 Å². The molecule has 0 bridgehead atoms. The van der Waals surface area contributed by atoms with Crippen molar-refractivity contribution in [2.24, 2.45) is 4.99 Å². The van der Waals surface area contributed by atoms with E-state index in [4.69, 9.17) is 4.99 Å². The molecule has 0 spiro atoms. The van der Waals surface area contributed by atoms with E-state index < -0.39 is 16.5 Å². The molecular formula is C21H41N3Si3. The lowest BCUT2D eigenvalue weighted by atomic mass is 10.1. The average molecular weight is 420 g/mol. The maximum atomic E-state index is 5.22. The molecule has 0 unspecified atom stereocenters. The predicted molar refractivity (Wildman–Crippen MR) is 129 cm³/mol. The second kappa shape index (κ2) is 8.35.